The van der Waals surface area contributed by atoms with Gasteiger partial charge in [0, 0.05) is 25.6 Å². The zero-order valence-electron chi connectivity index (χ0n) is 13.7. The predicted molar refractivity (Wildman–Crippen MR) is 87.2 cm³/mol. The van der Waals surface area contributed by atoms with Crippen LogP contribution in [-0.4, -0.2) is 54.1 Å². The summed E-state index contributed by atoms with van der Waals surface area (Å²) >= 11 is 0. The molecule has 2 aliphatic heterocycles. The molecule has 5 nitrogen and oxygen atoms in total. The number of hydrogen-bond donors (Lipinski definition) is 0. The molecule has 2 amide bonds. The van der Waals surface area contributed by atoms with E-state index in [1.54, 1.807) is 0 Å². The molecule has 0 aliphatic carbocycles. The van der Waals surface area contributed by atoms with Crippen molar-refractivity contribution >= 4 is 12.0 Å². The van der Waals surface area contributed by atoms with Crippen molar-refractivity contribution in [2.75, 3.05) is 26.2 Å². The Hall–Kier alpha value is -2.04. The van der Waals surface area contributed by atoms with E-state index in [0.29, 0.717) is 19.6 Å². The van der Waals surface area contributed by atoms with Crippen LogP contribution in [0.5, 0.6) is 0 Å². The zero-order valence-corrected chi connectivity index (χ0v) is 13.7. The first-order valence-corrected chi connectivity index (χ1v) is 8.40. The quantitative estimate of drug-likeness (QED) is 0.857. The lowest BCUT2D eigenvalue weighted by atomic mass is 10.0. The van der Waals surface area contributed by atoms with Gasteiger partial charge in [0.1, 0.15) is 6.61 Å². The molecule has 2 heterocycles. The van der Waals surface area contributed by atoms with E-state index in [1.165, 1.54) is 11.1 Å². The van der Waals surface area contributed by atoms with Gasteiger partial charge in [0.2, 0.25) is 5.91 Å². The monoisotopic (exact) mass is 316 g/mol. The summed E-state index contributed by atoms with van der Waals surface area (Å²) in [6.45, 7) is 4.72. The van der Waals surface area contributed by atoms with Gasteiger partial charge in [-0.1, -0.05) is 29.8 Å². The molecule has 3 rings (SSSR count). The topological polar surface area (TPSA) is 49.9 Å². The second-order valence-corrected chi connectivity index (χ2v) is 6.41. The number of amides is 2. The van der Waals surface area contributed by atoms with Crippen LogP contribution in [-0.2, 0) is 16.0 Å². The first-order valence-electron chi connectivity index (χ1n) is 8.40. The molecule has 0 radical (unpaired) electrons. The van der Waals surface area contributed by atoms with Crippen molar-refractivity contribution in [3.63, 3.8) is 0 Å². The average molecular weight is 316 g/mol. The Labute approximate surface area is 137 Å². The second kappa shape index (κ2) is 7.02. The number of carbonyl (C=O) groups excluding carboxylic acids is 2. The number of piperidine rings is 1. The van der Waals surface area contributed by atoms with Crippen LogP contribution in [0.15, 0.2) is 24.3 Å². The van der Waals surface area contributed by atoms with Crippen molar-refractivity contribution in [2.24, 2.45) is 0 Å². The number of likely N-dealkylation sites (tertiary alicyclic amines) is 1. The van der Waals surface area contributed by atoms with Gasteiger partial charge < -0.3 is 14.5 Å². The molecule has 2 aliphatic rings. The molecule has 0 saturated carbocycles. The van der Waals surface area contributed by atoms with Gasteiger partial charge in [-0.15, -0.1) is 0 Å². The number of aryl methyl sites for hydroxylation is 2. The van der Waals surface area contributed by atoms with Crippen molar-refractivity contribution in [1.82, 2.24) is 9.80 Å². The molecular formula is C18H24N2O3. The van der Waals surface area contributed by atoms with E-state index in [-0.39, 0.29) is 18.0 Å². The molecule has 124 valence electrons. The van der Waals surface area contributed by atoms with Crippen LogP contribution in [0, 0.1) is 6.92 Å². The van der Waals surface area contributed by atoms with Gasteiger partial charge in [-0.3, -0.25) is 4.79 Å². The van der Waals surface area contributed by atoms with Gasteiger partial charge in [0.15, 0.2) is 0 Å². The lowest BCUT2D eigenvalue weighted by Gasteiger charge is -2.35. The van der Waals surface area contributed by atoms with E-state index in [9.17, 15) is 9.59 Å². The average Bonchev–Trinajstić information content (AvgIpc) is 2.99. The van der Waals surface area contributed by atoms with E-state index in [1.807, 2.05) is 15.9 Å². The fourth-order valence-corrected chi connectivity index (χ4v) is 3.44. The van der Waals surface area contributed by atoms with Gasteiger partial charge in [-0.25, -0.2) is 4.79 Å². The van der Waals surface area contributed by atoms with Crippen molar-refractivity contribution in [3.05, 3.63) is 35.4 Å². The lowest BCUT2D eigenvalue weighted by molar-refractivity contribution is -0.132. The zero-order chi connectivity index (χ0) is 16.2. The Morgan fingerprint density at radius 3 is 2.70 bits per heavy atom. The van der Waals surface area contributed by atoms with Crippen LogP contribution < -0.4 is 0 Å². The molecule has 1 aromatic rings. The van der Waals surface area contributed by atoms with Crippen LogP contribution in [0.1, 0.15) is 30.4 Å². The Balaban J connectivity index is 1.45. The second-order valence-electron chi connectivity index (χ2n) is 6.41. The van der Waals surface area contributed by atoms with Crippen LogP contribution in [0.3, 0.4) is 0 Å². The van der Waals surface area contributed by atoms with Crippen molar-refractivity contribution in [3.8, 4) is 0 Å². The predicted octanol–water partition coefficient (Wildman–Crippen LogP) is 2.37. The molecule has 0 spiro atoms. The highest BCUT2D eigenvalue weighted by atomic mass is 16.6. The third-order valence-corrected chi connectivity index (χ3v) is 4.76. The minimum atomic E-state index is -0.200. The molecule has 2 fully saturated rings. The maximum absolute atomic E-state index is 12.4. The third kappa shape index (κ3) is 3.84. The van der Waals surface area contributed by atoms with Gasteiger partial charge in [0.25, 0.3) is 0 Å². The normalized spacial score (nSPS) is 19.1. The molecule has 0 aromatic heterocycles. The molecule has 1 aromatic carbocycles. The van der Waals surface area contributed by atoms with Crippen LogP contribution in [0.4, 0.5) is 4.79 Å². The molecule has 0 N–H and O–H groups in total. The standard InChI is InChI=1S/C18H24N2O3/c1-14-3-2-4-15(13-14)5-6-17(21)19-9-7-16(8-10-19)20-11-12-23-18(20)22/h2-4,13,16H,5-12H2,1H3. The van der Waals surface area contributed by atoms with Crippen molar-refractivity contribution in [2.45, 2.75) is 38.6 Å². The van der Waals surface area contributed by atoms with E-state index in [2.05, 4.69) is 25.1 Å². The molecule has 0 atom stereocenters. The van der Waals surface area contributed by atoms with Gasteiger partial charge >= 0.3 is 6.09 Å². The number of benzene rings is 1. The van der Waals surface area contributed by atoms with Gasteiger partial charge in [-0.2, -0.15) is 0 Å². The molecule has 23 heavy (non-hydrogen) atoms. The highest BCUT2D eigenvalue weighted by Crippen LogP contribution is 2.20. The Kier molecular flexibility index (Phi) is 4.84. The summed E-state index contributed by atoms with van der Waals surface area (Å²) in [4.78, 5) is 27.7. The number of carbonyl (C=O) groups is 2. The molecule has 2 saturated heterocycles. The van der Waals surface area contributed by atoms with Crippen LogP contribution in [0.2, 0.25) is 0 Å². The summed E-state index contributed by atoms with van der Waals surface area (Å²) in [5.74, 6) is 0.217. The molecular weight excluding hydrogens is 292 g/mol. The lowest BCUT2D eigenvalue weighted by Crippen LogP contribution is -2.47. The Bertz CT molecular complexity index is 579. The highest BCUT2D eigenvalue weighted by Gasteiger charge is 2.33. The van der Waals surface area contributed by atoms with E-state index in [4.69, 9.17) is 4.74 Å². The SMILES string of the molecule is Cc1cccc(CCC(=O)N2CCC(N3CCOC3=O)CC2)c1. The summed E-state index contributed by atoms with van der Waals surface area (Å²) in [7, 11) is 0. The number of hydrogen-bond acceptors (Lipinski definition) is 3. The van der Waals surface area contributed by atoms with Gasteiger partial charge in [0.05, 0.1) is 6.54 Å². The van der Waals surface area contributed by atoms with Crippen LogP contribution in [0.25, 0.3) is 0 Å². The van der Waals surface area contributed by atoms with E-state index >= 15 is 0 Å². The largest absolute Gasteiger partial charge is 0.448 e. The van der Waals surface area contributed by atoms with E-state index < -0.39 is 0 Å². The molecule has 0 bridgehead atoms. The van der Waals surface area contributed by atoms with Crippen LogP contribution >= 0.6 is 0 Å². The maximum atomic E-state index is 12.4. The molecule has 0 unspecified atom stereocenters. The van der Waals surface area contributed by atoms with Gasteiger partial charge in [-0.05, 0) is 31.7 Å². The molecule has 5 heteroatoms. The number of rotatable bonds is 4. The summed E-state index contributed by atoms with van der Waals surface area (Å²) in [6, 6.07) is 8.55. The Morgan fingerprint density at radius 2 is 2.04 bits per heavy atom. The maximum Gasteiger partial charge on any atom is 0.410 e. The summed E-state index contributed by atoms with van der Waals surface area (Å²) in [5.41, 5.74) is 2.45. The minimum absolute atomic E-state index is 0.200. The number of ether oxygens (including phenoxy) is 1. The third-order valence-electron chi connectivity index (χ3n) is 4.76. The first kappa shape index (κ1) is 15.8. The summed E-state index contributed by atoms with van der Waals surface area (Å²) in [5, 5.41) is 0. The summed E-state index contributed by atoms with van der Waals surface area (Å²) < 4.78 is 5.00. The highest BCUT2D eigenvalue weighted by molar-refractivity contribution is 5.76. The fraction of sp³-hybridized carbons (Fsp3) is 0.556. The fourth-order valence-electron chi connectivity index (χ4n) is 3.44. The van der Waals surface area contributed by atoms with Crippen molar-refractivity contribution in [1.29, 1.82) is 0 Å². The summed E-state index contributed by atoms with van der Waals surface area (Å²) in [6.07, 6.45) is 2.85. The first-order chi connectivity index (χ1) is 11.1. The minimum Gasteiger partial charge on any atom is -0.448 e. The number of cyclic esters (lactones) is 1. The number of nitrogens with zero attached hydrogens (tertiary/aromatic N) is 2. The smallest absolute Gasteiger partial charge is 0.410 e. The van der Waals surface area contributed by atoms with Crippen molar-refractivity contribution < 1.29 is 14.3 Å². The Morgan fingerprint density at radius 1 is 1.26 bits per heavy atom. The van der Waals surface area contributed by atoms with E-state index in [0.717, 1.165) is 32.4 Å².